The highest BCUT2D eigenvalue weighted by atomic mass is 35.5. The molecule has 0 fully saturated rings. The zero-order chi connectivity index (χ0) is 24.4. The van der Waals surface area contributed by atoms with Gasteiger partial charge >= 0.3 is 6.18 Å². The van der Waals surface area contributed by atoms with Gasteiger partial charge in [-0.3, -0.25) is 14.5 Å². The number of aromatic amines is 1. The van der Waals surface area contributed by atoms with Gasteiger partial charge in [0.25, 0.3) is 10.0 Å². The Morgan fingerprint density at radius 1 is 1.18 bits per heavy atom. The molecule has 0 amide bonds. The fourth-order valence-corrected chi connectivity index (χ4v) is 4.18. The summed E-state index contributed by atoms with van der Waals surface area (Å²) in [6.07, 6.45) is -2.35. The van der Waals surface area contributed by atoms with Gasteiger partial charge in [0, 0.05) is 24.0 Å². The SMILES string of the molecule is CON=C(c1cc[nH]c(=O)c1)c1ncc(Cl)cc1NS(=O)(=O)c1ccc(Cl)c(C(F)(F)F)c1. The van der Waals surface area contributed by atoms with Crippen LogP contribution in [0.1, 0.15) is 16.8 Å². The third-order valence-electron chi connectivity index (χ3n) is 4.11. The normalized spacial score (nSPS) is 12.5. The zero-order valence-electron chi connectivity index (χ0n) is 16.4. The molecule has 3 aromatic rings. The van der Waals surface area contributed by atoms with E-state index in [4.69, 9.17) is 28.0 Å². The van der Waals surface area contributed by atoms with E-state index in [-0.39, 0.29) is 27.7 Å². The van der Waals surface area contributed by atoms with Crippen molar-refractivity contribution in [2.75, 3.05) is 11.8 Å². The van der Waals surface area contributed by atoms with Crippen LogP contribution in [0, 0.1) is 0 Å². The Labute approximate surface area is 195 Å². The molecule has 3 rings (SSSR count). The second-order valence-corrected chi connectivity index (χ2v) is 8.88. The predicted molar refractivity (Wildman–Crippen MR) is 116 cm³/mol. The number of benzene rings is 1. The number of pyridine rings is 2. The van der Waals surface area contributed by atoms with Crippen LogP contribution in [0.15, 0.2) is 63.6 Å². The molecule has 0 saturated carbocycles. The standard InChI is InChI=1S/C19H13Cl2F3N4O4S/c1-32-27-17(10-4-5-25-16(29)6-10)18-15(7-11(20)9-26-18)28-33(30,31)12-2-3-14(21)13(8-12)19(22,23)24/h2-9,28H,1H3,(H,25,29). The smallest absolute Gasteiger partial charge is 0.399 e. The summed E-state index contributed by atoms with van der Waals surface area (Å²) in [5.41, 5.74) is -1.93. The van der Waals surface area contributed by atoms with E-state index in [1.54, 1.807) is 0 Å². The summed E-state index contributed by atoms with van der Waals surface area (Å²) in [6.45, 7) is 0. The fourth-order valence-electron chi connectivity index (χ4n) is 2.71. The summed E-state index contributed by atoms with van der Waals surface area (Å²) in [5, 5.41) is 3.18. The molecule has 2 N–H and O–H groups in total. The minimum Gasteiger partial charge on any atom is -0.399 e. The Kier molecular flexibility index (Phi) is 7.00. The molecule has 0 spiro atoms. The van der Waals surface area contributed by atoms with E-state index in [0.29, 0.717) is 6.07 Å². The first-order chi connectivity index (χ1) is 15.4. The summed E-state index contributed by atoms with van der Waals surface area (Å²) in [5.74, 6) is 0. The van der Waals surface area contributed by atoms with Crippen molar-refractivity contribution >= 4 is 44.6 Å². The van der Waals surface area contributed by atoms with E-state index < -0.39 is 37.2 Å². The first-order valence-corrected chi connectivity index (χ1v) is 11.0. The van der Waals surface area contributed by atoms with E-state index in [2.05, 4.69) is 19.8 Å². The summed E-state index contributed by atoms with van der Waals surface area (Å²) in [4.78, 5) is 22.3. The zero-order valence-corrected chi connectivity index (χ0v) is 18.8. The lowest BCUT2D eigenvalue weighted by Crippen LogP contribution is -2.19. The van der Waals surface area contributed by atoms with Crippen LogP contribution < -0.4 is 10.3 Å². The molecule has 14 heteroatoms. The van der Waals surface area contributed by atoms with Crippen LogP contribution in [0.25, 0.3) is 0 Å². The van der Waals surface area contributed by atoms with Crippen LogP contribution >= 0.6 is 23.2 Å². The van der Waals surface area contributed by atoms with Gasteiger partial charge in [0.2, 0.25) is 5.56 Å². The average Bonchev–Trinajstić information content (AvgIpc) is 2.71. The van der Waals surface area contributed by atoms with E-state index >= 15 is 0 Å². The third-order valence-corrected chi connectivity index (χ3v) is 6.01. The van der Waals surface area contributed by atoms with Gasteiger partial charge in [-0.25, -0.2) is 8.42 Å². The van der Waals surface area contributed by atoms with Crippen molar-refractivity contribution in [3.05, 3.63) is 86.0 Å². The maximum Gasteiger partial charge on any atom is 0.417 e. The van der Waals surface area contributed by atoms with Crippen LogP contribution in [0.3, 0.4) is 0 Å². The van der Waals surface area contributed by atoms with Crippen molar-refractivity contribution in [2.24, 2.45) is 5.16 Å². The number of hydrogen-bond acceptors (Lipinski definition) is 6. The Bertz CT molecular complexity index is 1390. The molecule has 0 bridgehead atoms. The van der Waals surface area contributed by atoms with Crippen molar-refractivity contribution < 1.29 is 26.4 Å². The van der Waals surface area contributed by atoms with Gasteiger partial charge in [-0.1, -0.05) is 28.4 Å². The van der Waals surface area contributed by atoms with E-state index in [9.17, 15) is 26.4 Å². The highest BCUT2D eigenvalue weighted by Crippen LogP contribution is 2.36. The van der Waals surface area contributed by atoms with Crippen LogP contribution in [0.2, 0.25) is 10.0 Å². The predicted octanol–water partition coefficient (Wildman–Crippen LogP) is 4.30. The summed E-state index contributed by atoms with van der Waals surface area (Å²) in [6, 6.07) is 5.95. The monoisotopic (exact) mass is 520 g/mol. The molecule has 0 radical (unpaired) electrons. The van der Waals surface area contributed by atoms with Gasteiger partial charge in [-0.05, 0) is 30.3 Å². The number of sulfonamides is 1. The van der Waals surface area contributed by atoms with Crippen molar-refractivity contribution in [3.63, 3.8) is 0 Å². The minimum atomic E-state index is -4.87. The topological polar surface area (TPSA) is 114 Å². The highest BCUT2D eigenvalue weighted by Gasteiger charge is 2.34. The number of anilines is 1. The molecule has 0 aliphatic rings. The Hall–Kier alpha value is -3.09. The van der Waals surface area contributed by atoms with E-state index in [1.165, 1.54) is 37.7 Å². The highest BCUT2D eigenvalue weighted by molar-refractivity contribution is 7.92. The third kappa shape index (κ3) is 5.64. The number of nitrogens with zero attached hydrogens (tertiary/aromatic N) is 2. The second-order valence-electron chi connectivity index (χ2n) is 6.36. The van der Waals surface area contributed by atoms with Gasteiger partial charge in [-0.2, -0.15) is 13.2 Å². The fraction of sp³-hybridized carbons (Fsp3) is 0.105. The Morgan fingerprint density at radius 3 is 2.55 bits per heavy atom. The molecule has 8 nitrogen and oxygen atoms in total. The molecule has 0 atom stereocenters. The number of nitrogens with one attached hydrogen (secondary N) is 2. The number of H-pyrrole nitrogens is 1. The second kappa shape index (κ2) is 9.41. The Morgan fingerprint density at radius 2 is 1.91 bits per heavy atom. The number of oxime groups is 1. The van der Waals surface area contributed by atoms with Gasteiger partial charge < -0.3 is 9.82 Å². The van der Waals surface area contributed by atoms with Crippen molar-refractivity contribution in [3.8, 4) is 0 Å². The lowest BCUT2D eigenvalue weighted by atomic mass is 10.1. The summed E-state index contributed by atoms with van der Waals surface area (Å²) >= 11 is 11.5. The van der Waals surface area contributed by atoms with Gasteiger partial charge in [0.1, 0.15) is 18.5 Å². The summed E-state index contributed by atoms with van der Waals surface area (Å²) in [7, 11) is -3.34. The number of hydrogen-bond donors (Lipinski definition) is 2. The quantitative estimate of drug-likeness (QED) is 0.371. The van der Waals surface area contributed by atoms with Crippen molar-refractivity contribution in [2.45, 2.75) is 11.1 Å². The maximum absolute atomic E-state index is 13.2. The molecule has 2 heterocycles. The molecular weight excluding hydrogens is 508 g/mol. The van der Waals surface area contributed by atoms with E-state index in [0.717, 1.165) is 12.1 Å². The minimum absolute atomic E-state index is 0.0196. The molecular formula is C19H13Cl2F3N4O4S. The van der Waals surface area contributed by atoms with Crippen LogP contribution in [0.5, 0.6) is 0 Å². The molecule has 0 aliphatic carbocycles. The summed E-state index contributed by atoms with van der Waals surface area (Å²) < 4.78 is 67.5. The number of halogens is 5. The molecule has 0 unspecified atom stereocenters. The first-order valence-electron chi connectivity index (χ1n) is 8.78. The van der Waals surface area contributed by atoms with E-state index in [1.807, 2.05) is 0 Å². The molecule has 0 aliphatic heterocycles. The maximum atomic E-state index is 13.2. The van der Waals surface area contributed by atoms with Gasteiger partial charge in [-0.15, -0.1) is 0 Å². The van der Waals surface area contributed by atoms with Gasteiger partial charge in [0.15, 0.2) is 0 Å². The lowest BCUT2D eigenvalue weighted by molar-refractivity contribution is -0.137. The number of rotatable bonds is 6. The molecule has 33 heavy (non-hydrogen) atoms. The lowest BCUT2D eigenvalue weighted by Gasteiger charge is -2.15. The molecule has 1 aromatic carbocycles. The Balaban J connectivity index is 2.12. The number of aromatic nitrogens is 2. The number of alkyl halides is 3. The van der Waals surface area contributed by atoms with Crippen molar-refractivity contribution in [1.29, 1.82) is 0 Å². The molecule has 2 aromatic heterocycles. The van der Waals surface area contributed by atoms with Crippen LogP contribution in [-0.2, 0) is 21.0 Å². The van der Waals surface area contributed by atoms with Crippen molar-refractivity contribution in [1.82, 2.24) is 9.97 Å². The van der Waals surface area contributed by atoms with Crippen LogP contribution in [-0.4, -0.2) is 31.2 Å². The average molecular weight is 521 g/mol. The van der Waals surface area contributed by atoms with Crippen LogP contribution in [0.4, 0.5) is 18.9 Å². The first kappa shape index (κ1) is 24.6. The van der Waals surface area contributed by atoms with Gasteiger partial charge in [0.05, 0.1) is 26.2 Å². The molecule has 0 saturated heterocycles. The largest absolute Gasteiger partial charge is 0.417 e. The molecule has 174 valence electrons.